The van der Waals surface area contributed by atoms with Gasteiger partial charge < -0.3 is 123 Å². The van der Waals surface area contributed by atoms with Crippen LogP contribution in [-0.2, 0) is 59.6 Å². The van der Waals surface area contributed by atoms with Gasteiger partial charge in [-0.2, -0.15) is 0 Å². The average Bonchev–Trinajstić information content (AvgIpc) is 0.849. The van der Waals surface area contributed by atoms with Crippen LogP contribution in [0.2, 0.25) is 10.0 Å². The maximum absolute atomic E-state index is 16.2. The molecular formula is C68H77Cl2N13O23S. The molecule has 7 aliphatic rings. The third-order valence-corrected chi connectivity index (χ3v) is 20.2. The van der Waals surface area contributed by atoms with Crippen molar-refractivity contribution in [1.29, 1.82) is 0 Å². The van der Waals surface area contributed by atoms with Crippen LogP contribution in [0.25, 0.3) is 11.1 Å². The summed E-state index contributed by atoms with van der Waals surface area (Å²) < 4.78 is 40.7. The SMILES string of the molecule is CN[C@H](CC(C)C)C(=O)N[C@H]1C(=O)N[C@@H](CC(N)=O)C(=O)NC2C(=O)NC3C(=O)N[C@H](C(=O)N[C@@H](C(=O)O)c4cc(O)cc(O)c4-c4cc3ccc4O)[C@H](O)c3ccc(c(Cl)c3)Oc3cc2cc(c3OC2OC(CSc3nnnn3C)C(O)C(O)C2OC2CC(C)(N)C(O)C(C)O2)Oc2ccc(cc2Cl)[C@H]1O. The Bertz CT molecular complexity index is 4460. The van der Waals surface area contributed by atoms with Crippen molar-refractivity contribution < 1.29 is 113 Å². The molecule has 36 nitrogen and oxygen atoms in total. The van der Waals surface area contributed by atoms with Crippen LogP contribution < -0.4 is 62.9 Å². The van der Waals surface area contributed by atoms with Crippen LogP contribution >= 0.6 is 35.0 Å². The van der Waals surface area contributed by atoms with Crippen molar-refractivity contribution in [2.45, 2.75) is 161 Å². The van der Waals surface area contributed by atoms with E-state index < -0.39 is 225 Å². The monoisotopic (exact) mass is 1550 g/mol. The summed E-state index contributed by atoms with van der Waals surface area (Å²) in [6, 6.07) is -0.489. The molecular weight excluding hydrogens is 1470 g/mol. The van der Waals surface area contributed by atoms with Gasteiger partial charge in [-0.25, -0.2) is 9.48 Å². The average molecular weight is 1550 g/mol. The number of aromatic hydroxyl groups is 3. The Labute approximate surface area is 622 Å². The molecule has 0 radical (unpaired) electrons. The van der Waals surface area contributed by atoms with E-state index in [1.807, 2.05) is 13.8 Å². The molecule has 39 heteroatoms. The van der Waals surface area contributed by atoms with Gasteiger partial charge in [-0.05, 0) is 121 Å². The minimum absolute atomic E-state index is 0.100. The number of hydrogen-bond donors (Lipinski definition) is 18. The number of fused-ring (bicyclic) bond motifs is 15. The number of nitrogens with zero attached hydrogens (tertiary/aromatic N) is 4. The number of primary amides is 1. The molecule has 7 aliphatic heterocycles. The third kappa shape index (κ3) is 16.9. The molecule has 0 saturated carbocycles. The van der Waals surface area contributed by atoms with Gasteiger partial charge in [0.25, 0.3) is 0 Å². The molecule has 2 fully saturated rings. The van der Waals surface area contributed by atoms with Crippen LogP contribution in [0.4, 0.5) is 0 Å². The highest BCUT2D eigenvalue weighted by Gasteiger charge is 2.52. The Hall–Kier alpha value is -9.74. The van der Waals surface area contributed by atoms with E-state index in [9.17, 15) is 69.9 Å². The van der Waals surface area contributed by atoms with Gasteiger partial charge in [0.2, 0.25) is 58.5 Å². The highest BCUT2D eigenvalue weighted by atomic mass is 35.5. The molecule has 5 aromatic carbocycles. The largest absolute Gasteiger partial charge is 0.508 e. The number of carboxylic acids is 1. The van der Waals surface area contributed by atoms with Gasteiger partial charge in [-0.1, -0.05) is 67.0 Å². The van der Waals surface area contributed by atoms with Crippen molar-refractivity contribution in [2.24, 2.45) is 24.4 Å². The number of nitrogens with one attached hydrogen (secondary N) is 7. The lowest BCUT2D eigenvalue weighted by Crippen LogP contribution is -2.64. The molecule has 11 unspecified atom stereocenters. The van der Waals surface area contributed by atoms with E-state index in [4.69, 9.17) is 63.1 Å². The predicted octanol–water partition coefficient (Wildman–Crippen LogP) is 0.430. The number of aliphatic hydroxyl groups excluding tert-OH is 5. The summed E-state index contributed by atoms with van der Waals surface area (Å²) in [5.41, 5.74) is 8.16. The van der Waals surface area contributed by atoms with E-state index in [2.05, 4.69) is 52.7 Å². The molecule has 572 valence electrons. The predicted molar refractivity (Wildman–Crippen MR) is 372 cm³/mol. The van der Waals surface area contributed by atoms with Crippen LogP contribution in [0.3, 0.4) is 0 Å². The number of amides is 7. The van der Waals surface area contributed by atoms with Gasteiger partial charge >= 0.3 is 5.97 Å². The van der Waals surface area contributed by atoms with Crippen molar-refractivity contribution in [3.8, 4) is 57.1 Å². The number of carbonyl (C=O) groups is 8. The van der Waals surface area contributed by atoms with E-state index in [1.54, 1.807) is 0 Å². The number of aryl methyl sites for hydroxylation is 1. The molecule has 6 aromatic rings. The van der Waals surface area contributed by atoms with Gasteiger partial charge in [-0.15, -0.1) is 5.10 Å². The summed E-state index contributed by atoms with van der Waals surface area (Å²) in [6.45, 7) is 6.68. The fourth-order valence-electron chi connectivity index (χ4n) is 13.0. The summed E-state index contributed by atoms with van der Waals surface area (Å²) in [6.07, 6.45) is -18.1. The molecule has 1 aromatic heterocycles. The molecule has 8 heterocycles. The topological polar surface area (TPSA) is 554 Å². The van der Waals surface area contributed by atoms with Gasteiger partial charge in [0.05, 0.1) is 40.8 Å². The third-order valence-electron chi connectivity index (χ3n) is 18.6. The minimum atomic E-state index is -2.35. The van der Waals surface area contributed by atoms with E-state index in [0.717, 1.165) is 78.5 Å². The first-order chi connectivity index (χ1) is 50.6. The van der Waals surface area contributed by atoms with Crippen LogP contribution in [0.15, 0.2) is 84.0 Å². The van der Waals surface area contributed by atoms with Crippen LogP contribution in [0, 0.1) is 5.92 Å². The number of halogens is 2. The summed E-state index contributed by atoms with van der Waals surface area (Å²) >= 11 is 15.2. The molecule has 0 spiro atoms. The fraction of sp³-hybridized carbons (Fsp3) is 0.426. The second-order valence-electron chi connectivity index (χ2n) is 26.9. The number of phenols is 3. The summed E-state index contributed by atoms with van der Waals surface area (Å²) in [4.78, 5) is 118. The number of carbonyl (C=O) groups excluding carboxylic acids is 7. The Morgan fingerprint density at radius 1 is 0.757 bits per heavy atom. The second-order valence-corrected chi connectivity index (χ2v) is 28.7. The van der Waals surface area contributed by atoms with Crippen LogP contribution in [0.5, 0.6) is 46.0 Å². The zero-order valence-electron chi connectivity index (χ0n) is 57.6. The normalized spacial score (nSPS) is 28.5. The lowest BCUT2D eigenvalue weighted by molar-refractivity contribution is -0.329. The minimum Gasteiger partial charge on any atom is -0.508 e. The number of phenolic OH excluding ortho intramolecular Hbond substituents is 3. The van der Waals surface area contributed by atoms with Crippen molar-refractivity contribution in [3.63, 3.8) is 0 Å². The number of ether oxygens (including phenoxy) is 6. The van der Waals surface area contributed by atoms with E-state index in [1.165, 1.54) is 44.8 Å². The Kier molecular flexibility index (Phi) is 23.4. The van der Waals surface area contributed by atoms with E-state index in [0.29, 0.717) is 0 Å². The highest BCUT2D eigenvalue weighted by Crippen LogP contribution is 2.50. The maximum Gasteiger partial charge on any atom is 0.330 e. The molecule has 18 atom stereocenters. The number of benzene rings is 5. The first kappa shape index (κ1) is 78.3. The number of nitrogens with two attached hydrogens (primary N) is 2. The van der Waals surface area contributed by atoms with Crippen molar-refractivity contribution in [1.82, 2.24) is 57.4 Å². The molecule has 2 saturated heterocycles. The Balaban J connectivity index is 1.16. The number of hydrogen-bond acceptors (Lipinski definition) is 28. The number of aliphatic hydroxyl groups is 5. The standard InChI is InChI=1S/C68H77Cl2N13O23S/c1-24(2)13-35(73-5)59(93)78-50-52(88)27-8-11-39(33(69)15-27)102-41-17-29-18-42(56(41)106-66-57(105-45-22-68(4,72)58(92)25(3)101-45)55(91)54(90)43(104-66)23-107-67-80-81-82-83(67)6)103-40-12-9-28(16-34(40)70)53(89)51-64(98)77-49(65(99)100)32-19-30(84)20-38(86)46(32)31-14-26(7-10-37(31)85)47(61(95)79-51)76-62(96)48(29)75-60(94)36(21-44(71)87)74-63(50)97/h7-12,14-20,24-25,35-36,43,45,47-55,57-58,66,73,84-86,88-92H,13,21-23,72H2,1-6H3,(H2,71,87)(H,74,97)(H,75,94)(H,76,96)(H,77,98)(H,78,93)(H,79,95)(H,99,100)/t25?,35-,36+,43?,45?,47?,48?,49-,50-,51+,52-,53-,54?,55?,57?,58?,66?,68?/m1/s1. The zero-order chi connectivity index (χ0) is 77.5. The summed E-state index contributed by atoms with van der Waals surface area (Å²) in [5.74, 6) is -16.1. The lowest BCUT2D eigenvalue weighted by atomic mass is 9.86. The van der Waals surface area contributed by atoms with Gasteiger partial charge in [0.15, 0.2) is 29.9 Å². The molecule has 20 N–H and O–H groups in total. The molecule has 11 bridgehead atoms. The quantitative estimate of drug-likeness (QED) is 0.0620. The fourth-order valence-corrected chi connectivity index (χ4v) is 14.3. The van der Waals surface area contributed by atoms with Gasteiger partial charge in [0, 0.05) is 47.5 Å². The number of aliphatic carboxylic acids is 1. The number of tetrazole rings is 1. The molecule has 7 amide bonds. The number of carboxylic acid groups (broad SMARTS) is 1. The number of aromatic nitrogens is 4. The molecule has 13 rings (SSSR count). The van der Waals surface area contributed by atoms with Crippen molar-refractivity contribution >= 4 is 82.3 Å². The van der Waals surface area contributed by atoms with Gasteiger partial charge in [0.1, 0.15) is 83.4 Å². The maximum atomic E-state index is 16.2. The first-order valence-corrected chi connectivity index (χ1v) is 35.0. The number of rotatable bonds is 15. The van der Waals surface area contributed by atoms with E-state index >= 15 is 14.4 Å². The van der Waals surface area contributed by atoms with E-state index in [-0.39, 0.29) is 62.9 Å². The van der Waals surface area contributed by atoms with Crippen molar-refractivity contribution in [3.05, 3.63) is 117 Å². The Morgan fingerprint density at radius 2 is 1.38 bits per heavy atom. The van der Waals surface area contributed by atoms with Crippen LogP contribution in [0.1, 0.15) is 105 Å². The smallest absolute Gasteiger partial charge is 0.330 e. The summed E-state index contributed by atoms with van der Waals surface area (Å²) in [7, 11) is 3.02. The summed E-state index contributed by atoms with van der Waals surface area (Å²) in [5, 5.41) is 133. The molecule has 107 heavy (non-hydrogen) atoms. The first-order valence-electron chi connectivity index (χ1n) is 33.3. The zero-order valence-corrected chi connectivity index (χ0v) is 59.9. The lowest BCUT2D eigenvalue weighted by Gasteiger charge is -2.47. The van der Waals surface area contributed by atoms with Crippen molar-refractivity contribution in [2.75, 3.05) is 12.8 Å². The highest BCUT2D eigenvalue weighted by molar-refractivity contribution is 7.99. The van der Waals surface area contributed by atoms with Crippen LogP contribution in [-0.4, -0.2) is 205 Å². The molecule has 0 aliphatic carbocycles. The van der Waals surface area contributed by atoms with Gasteiger partial charge in [-0.3, -0.25) is 33.6 Å². The number of likely N-dealkylation sites (N-methyl/N-ethyl adjacent to an activating group) is 1. The Morgan fingerprint density at radius 3 is 1.98 bits per heavy atom. The second kappa shape index (κ2) is 32.0. The number of thioether (sulfide) groups is 1.